The van der Waals surface area contributed by atoms with Crippen LogP contribution in [-0.2, 0) is 9.59 Å². The van der Waals surface area contributed by atoms with Crippen molar-refractivity contribution < 1.29 is 9.59 Å². The van der Waals surface area contributed by atoms with E-state index in [0.29, 0.717) is 12.0 Å². The van der Waals surface area contributed by atoms with Gasteiger partial charge in [-0.1, -0.05) is 26.2 Å². The van der Waals surface area contributed by atoms with Crippen LogP contribution in [0.3, 0.4) is 0 Å². The van der Waals surface area contributed by atoms with E-state index in [1.54, 1.807) is 0 Å². The van der Waals surface area contributed by atoms with Gasteiger partial charge in [-0.25, -0.2) is 0 Å². The Balaban J connectivity index is 1.82. The van der Waals surface area contributed by atoms with Gasteiger partial charge in [-0.3, -0.25) is 9.59 Å². The Morgan fingerprint density at radius 1 is 1.16 bits per heavy atom. The Kier molecular flexibility index (Phi) is 3.50. The first-order valence-corrected chi connectivity index (χ1v) is 7.85. The van der Waals surface area contributed by atoms with Crippen molar-refractivity contribution in [1.29, 1.82) is 0 Å². The number of hydrogen-bond acceptors (Lipinski definition) is 2. The van der Waals surface area contributed by atoms with Crippen molar-refractivity contribution >= 4 is 11.8 Å². The third-order valence-corrected chi connectivity index (χ3v) is 4.83. The lowest BCUT2D eigenvalue weighted by Gasteiger charge is -2.42. The number of rotatable bonds is 4. The van der Waals surface area contributed by atoms with E-state index in [1.165, 1.54) is 12.8 Å². The van der Waals surface area contributed by atoms with Crippen molar-refractivity contribution in [2.75, 3.05) is 0 Å². The van der Waals surface area contributed by atoms with Crippen LogP contribution >= 0.6 is 0 Å². The summed E-state index contributed by atoms with van der Waals surface area (Å²) in [7, 11) is 0. The second-order valence-electron chi connectivity index (χ2n) is 6.31. The first kappa shape index (κ1) is 12.9. The Morgan fingerprint density at radius 3 is 2.42 bits per heavy atom. The van der Waals surface area contributed by atoms with E-state index in [0.717, 1.165) is 38.5 Å². The number of hydrogen-bond donors (Lipinski definition) is 1. The second-order valence-corrected chi connectivity index (χ2v) is 6.31. The molecule has 2 aliphatic carbocycles. The van der Waals surface area contributed by atoms with Crippen LogP contribution in [0.5, 0.6) is 0 Å². The molecule has 4 heteroatoms. The minimum atomic E-state index is -0.221. The minimum absolute atomic E-state index is 0.0882. The van der Waals surface area contributed by atoms with Gasteiger partial charge in [0.15, 0.2) is 0 Å². The molecule has 0 bridgehead atoms. The first-order valence-electron chi connectivity index (χ1n) is 7.85. The molecule has 0 aromatic carbocycles. The Labute approximate surface area is 114 Å². The van der Waals surface area contributed by atoms with Gasteiger partial charge in [0.05, 0.1) is 0 Å². The number of carbonyl (C=O) groups is 2. The normalized spacial score (nSPS) is 32.8. The molecule has 0 aromatic heterocycles. The zero-order valence-corrected chi connectivity index (χ0v) is 11.7. The predicted molar refractivity (Wildman–Crippen MR) is 72.5 cm³/mol. The summed E-state index contributed by atoms with van der Waals surface area (Å²) in [5, 5.41) is 2.99. The van der Waals surface area contributed by atoms with Crippen molar-refractivity contribution in [3.8, 4) is 0 Å². The molecule has 106 valence electrons. The molecule has 3 aliphatic rings. The molecule has 1 N–H and O–H groups in total. The van der Waals surface area contributed by atoms with E-state index in [-0.39, 0.29) is 23.9 Å². The Morgan fingerprint density at radius 2 is 1.84 bits per heavy atom. The average molecular weight is 264 g/mol. The molecule has 0 aromatic rings. The highest BCUT2D eigenvalue weighted by atomic mass is 16.2. The van der Waals surface area contributed by atoms with E-state index < -0.39 is 0 Å². The third kappa shape index (κ3) is 2.37. The van der Waals surface area contributed by atoms with Gasteiger partial charge in [-0.2, -0.15) is 0 Å². The van der Waals surface area contributed by atoms with Gasteiger partial charge in [0.2, 0.25) is 11.8 Å². The predicted octanol–water partition coefficient (Wildman–Crippen LogP) is 1.83. The minimum Gasteiger partial charge on any atom is -0.342 e. The van der Waals surface area contributed by atoms with E-state index in [9.17, 15) is 9.59 Å². The average Bonchev–Trinajstić information content (AvgIpc) is 3.10. The summed E-state index contributed by atoms with van der Waals surface area (Å²) in [4.78, 5) is 27.0. The summed E-state index contributed by atoms with van der Waals surface area (Å²) in [6.07, 6.45) is 8.48. The van der Waals surface area contributed by atoms with Crippen LogP contribution < -0.4 is 5.32 Å². The topological polar surface area (TPSA) is 49.4 Å². The second kappa shape index (κ2) is 5.14. The summed E-state index contributed by atoms with van der Waals surface area (Å²) < 4.78 is 0. The number of nitrogens with zero attached hydrogens (tertiary/aromatic N) is 1. The molecule has 1 aliphatic heterocycles. The SMILES string of the molecule is CCCC1C(=O)NC(C2CC2)C(=O)N1C1CCCC1. The molecular weight excluding hydrogens is 240 g/mol. The lowest BCUT2D eigenvalue weighted by atomic mass is 9.97. The molecule has 2 amide bonds. The van der Waals surface area contributed by atoms with Crippen LogP contribution in [0, 0.1) is 5.92 Å². The lowest BCUT2D eigenvalue weighted by molar-refractivity contribution is -0.153. The highest BCUT2D eigenvalue weighted by Gasteiger charge is 2.48. The van der Waals surface area contributed by atoms with E-state index in [2.05, 4.69) is 12.2 Å². The fourth-order valence-corrected chi connectivity index (χ4v) is 3.66. The van der Waals surface area contributed by atoms with Crippen molar-refractivity contribution in [3.63, 3.8) is 0 Å². The summed E-state index contributed by atoms with van der Waals surface area (Å²) in [6, 6.07) is -0.117. The quantitative estimate of drug-likeness (QED) is 0.842. The summed E-state index contributed by atoms with van der Waals surface area (Å²) in [6.45, 7) is 2.08. The molecule has 4 nitrogen and oxygen atoms in total. The van der Waals surface area contributed by atoms with Crippen LogP contribution in [0.2, 0.25) is 0 Å². The number of carbonyl (C=O) groups excluding carboxylic acids is 2. The fraction of sp³-hybridized carbons (Fsp3) is 0.867. The van der Waals surface area contributed by atoms with Gasteiger partial charge in [0, 0.05) is 6.04 Å². The maximum atomic E-state index is 12.7. The molecule has 1 heterocycles. The Hall–Kier alpha value is -1.06. The molecule has 19 heavy (non-hydrogen) atoms. The van der Waals surface area contributed by atoms with Crippen LogP contribution in [0.25, 0.3) is 0 Å². The number of nitrogens with one attached hydrogen (secondary N) is 1. The van der Waals surface area contributed by atoms with Crippen LogP contribution in [0.15, 0.2) is 0 Å². The van der Waals surface area contributed by atoms with Gasteiger partial charge < -0.3 is 10.2 Å². The fourth-order valence-electron chi connectivity index (χ4n) is 3.66. The van der Waals surface area contributed by atoms with Crippen molar-refractivity contribution in [2.24, 2.45) is 5.92 Å². The standard InChI is InChI=1S/C15H24N2O2/c1-2-5-12-14(18)16-13(10-8-9-10)15(19)17(12)11-6-3-4-7-11/h10-13H,2-9H2,1H3,(H,16,18). The molecule has 1 saturated heterocycles. The third-order valence-electron chi connectivity index (χ3n) is 4.83. The lowest BCUT2D eigenvalue weighted by Crippen LogP contribution is -2.66. The van der Waals surface area contributed by atoms with Gasteiger partial charge in [-0.15, -0.1) is 0 Å². The molecule has 2 atom stereocenters. The largest absolute Gasteiger partial charge is 0.342 e. The first-order chi connectivity index (χ1) is 9.22. The van der Waals surface area contributed by atoms with Crippen molar-refractivity contribution in [3.05, 3.63) is 0 Å². The van der Waals surface area contributed by atoms with Crippen molar-refractivity contribution in [2.45, 2.75) is 76.4 Å². The van der Waals surface area contributed by atoms with Crippen LogP contribution in [0.1, 0.15) is 58.3 Å². The summed E-state index contributed by atoms with van der Waals surface area (Å²) in [5.41, 5.74) is 0. The molecule has 3 fully saturated rings. The van der Waals surface area contributed by atoms with Crippen molar-refractivity contribution in [1.82, 2.24) is 10.2 Å². The van der Waals surface area contributed by atoms with Gasteiger partial charge >= 0.3 is 0 Å². The summed E-state index contributed by atoms with van der Waals surface area (Å²) in [5.74, 6) is 0.695. The monoisotopic (exact) mass is 264 g/mol. The van der Waals surface area contributed by atoms with Crippen LogP contribution in [0.4, 0.5) is 0 Å². The highest BCUT2D eigenvalue weighted by Crippen LogP contribution is 2.37. The maximum absolute atomic E-state index is 12.7. The van der Waals surface area contributed by atoms with Crippen LogP contribution in [-0.4, -0.2) is 34.8 Å². The zero-order valence-electron chi connectivity index (χ0n) is 11.7. The molecule has 0 radical (unpaired) electrons. The maximum Gasteiger partial charge on any atom is 0.246 e. The highest BCUT2D eigenvalue weighted by molar-refractivity contribution is 5.97. The Bertz CT molecular complexity index is 372. The van der Waals surface area contributed by atoms with Gasteiger partial charge in [-0.05, 0) is 38.0 Å². The number of piperazine rings is 1. The zero-order chi connectivity index (χ0) is 13.4. The van der Waals surface area contributed by atoms with Gasteiger partial charge in [0.1, 0.15) is 12.1 Å². The molecule has 3 rings (SSSR count). The molecule has 2 saturated carbocycles. The van der Waals surface area contributed by atoms with E-state index >= 15 is 0 Å². The van der Waals surface area contributed by atoms with Gasteiger partial charge in [0.25, 0.3) is 0 Å². The van der Waals surface area contributed by atoms with E-state index in [1.807, 2.05) is 4.90 Å². The molecular formula is C15H24N2O2. The molecule has 2 unspecified atom stereocenters. The van der Waals surface area contributed by atoms with E-state index in [4.69, 9.17) is 0 Å². The number of amides is 2. The molecule has 0 spiro atoms. The summed E-state index contributed by atoms with van der Waals surface area (Å²) >= 11 is 0. The smallest absolute Gasteiger partial charge is 0.246 e.